The molecule has 1 aromatic heterocycles. The zero-order chi connectivity index (χ0) is 25.4. The van der Waals surface area contributed by atoms with Crippen LogP contribution in [0, 0.1) is 5.82 Å². The summed E-state index contributed by atoms with van der Waals surface area (Å²) in [6, 6.07) is 7.47. The highest BCUT2D eigenvalue weighted by Crippen LogP contribution is 2.23. The first-order chi connectivity index (χ1) is 16.7. The van der Waals surface area contributed by atoms with Crippen molar-refractivity contribution >= 4 is 47.3 Å². The summed E-state index contributed by atoms with van der Waals surface area (Å²) in [6.45, 7) is 4.73. The van der Waals surface area contributed by atoms with Gasteiger partial charge in [-0.3, -0.25) is 4.79 Å². The highest BCUT2D eigenvalue weighted by Gasteiger charge is 2.14. The smallest absolute Gasteiger partial charge is 0.226 e. The van der Waals surface area contributed by atoms with Crippen molar-refractivity contribution in [3.8, 4) is 0 Å². The van der Waals surface area contributed by atoms with Gasteiger partial charge in [0.2, 0.25) is 5.91 Å². The Hall–Kier alpha value is -2.79. The number of likely N-dealkylation sites (N-methyl/N-ethyl adjacent to an activating group) is 1. The quantitative estimate of drug-likeness (QED) is 0.268. The minimum absolute atomic E-state index is 0.114. The van der Waals surface area contributed by atoms with E-state index in [1.165, 1.54) is 24.3 Å². The number of anilines is 2. The van der Waals surface area contributed by atoms with Gasteiger partial charge in [0.05, 0.1) is 10.7 Å². The van der Waals surface area contributed by atoms with E-state index in [1.807, 2.05) is 0 Å². The van der Waals surface area contributed by atoms with Gasteiger partial charge in [0.25, 0.3) is 0 Å². The first kappa shape index (κ1) is 26.8. The molecule has 1 amide bonds. The zero-order valence-corrected chi connectivity index (χ0v) is 21.2. The van der Waals surface area contributed by atoms with Crippen LogP contribution in [0.2, 0.25) is 5.02 Å². The van der Waals surface area contributed by atoms with E-state index in [1.54, 1.807) is 18.3 Å². The molecule has 188 valence electrons. The maximum Gasteiger partial charge on any atom is 0.226 e. The van der Waals surface area contributed by atoms with Gasteiger partial charge in [-0.25, -0.2) is 9.37 Å². The second-order valence-electron chi connectivity index (χ2n) is 8.37. The Balaban J connectivity index is 1.63. The van der Waals surface area contributed by atoms with Crippen molar-refractivity contribution in [1.82, 2.24) is 14.8 Å². The summed E-state index contributed by atoms with van der Waals surface area (Å²) < 4.78 is 14.2. The lowest BCUT2D eigenvalue weighted by Gasteiger charge is -2.19. The van der Waals surface area contributed by atoms with Crippen molar-refractivity contribution in [2.45, 2.75) is 12.8 Å². The van der Waals surface area contributed by atoms with E-state index in [-0.39, 0.29) is 22.2 Å². The summed E-state index contributed by atoms with van der Waals surface area (Å²) in [4.78, 5) is 21.3. The fourth-order valence-electron chi connectivity index (χ4n) is 3.65. The number of nitrogens with two attached hydrogens (primary N) is 2. The number of halogens is 2. The van der Waals surface area contributed by atoms with E-state index < -0.39 is 5.82 Å². The van der Waals surface area contributed by atoms with Crippen LogP contribution < -0.4 is 22.1 Å². The van der Waals surface area contributed by atoms with Crippen molar-refractivity contribution in [2.24, 2.45) is 11.5 Å². The molecule has 0 radical (unpaired) electrons. The van der Waals surface area contributed by atoms with Crippen LogP contribution in [0.15, 0.2) is 53.3 Å². The van der Waals surface area contributed by atoms with Crippen molar-refractivity contribution in [2.75, 3.05) is 50.4 Å². The van der Waals surface area contributed by atoms with E-state index >= 15 is 0 Å². The summed E-state index contributed by atoms with van der Waals surface area (Å²) in [6.07, 6.45) is 4.50. The largest absolute Gasteiger partial charge is 0.398 e. The van der Waals surface area contributed by atoms with Crippen LogP contribution in [0.25, 0.3) is 5.70 Å². The second kappa shape index (κ2) is 12.8. The van der Waals surface area contributed by atoms with E-state index in [0.29, 0.717) is 35.2 Å². The van der Waals surface area contributed by atoms with E-state index in [2.05, 4.69) is 45.1 Å². The van der Waals surface area contributed by atoms with Crippen LogP contribution in [0.3, 0.4) is 0 Å². The van der Waals surface area contributed by atoms with Gasteiger partial charge in [-0.15, -0.1) is 12.6 Å². The Bertz CT molecular complexity index is 1110. The molecule has 6 N–H and O–H groups in total. The standard InChI is InChI=1S/C24H31ClFN7OS/c1-32-8-2-9-33(12-11-32)10-6-23(34)31-22-14-17(5-7-29-22)30-21(24(28)35)15-20(27)18-13-16(25)3-4-19(18)26/h3-5,7,13-15,35H,2,6,8-12,27-28H2,1H3,(H2,29,30,31,34)/b20-15-,24-21-. The van der Waals surface area contributed by atoms with Gasteiger partial charge in [0.15, 0.2) is 0 Å². The number of rotatable bonds is 8. The lowest BCUT2D eigenvalue weighted by Crippen LogP contribution is -2.31. The molecule has 2 heterocycles. The minimum atomic E-state index is -0.513. The summed E-state index contributed by atoms with van der Waals surface area (Å²) in [5, 5.41) is 6.41. The third-order valence-corrected chi connectivity index (χ3v) is 6.06. The molecule has 0 spiro atoms. The summed E-state index contributed by atoms with van der Waals surface area (Å²) >= 11 is 10.2. The maximum absolute atomic E-state index is 14.2. The molecule has 0 saturated carbocycles. The minimum Gasteiger partial charge on any atom is -0.398 e. The molecule has 2 aromatic rings. The molecule has 1 fully saturated rings. The first-order valence-electron chi connectivity index (χ1n) is 11.3. The maximum atomic E-state index is 14.2. The lowest BCUT2D eigenvalue weighted by atomic mass is 10.1. The van der Waals surface area contributed by atoms with Crippen molar-refractivity contribution in [1.29, 1.82) is 0 Å². The second-order valence-corrected chi connectivity index (χ2v) is 9.29. The molecule has 3 rings (SSSR count). The highest BCUT2D eigenvalue weighted by molar-refractivity contribution is 7.84. The molecular weight excluding hydrogens is 489 g/mol. The summed E-state index contributed by atoms with van der Waals surface area (Å²) in [5.74, 6) is -0.232. The van der Waals surface area contributed by atoms with Gasteiger partial charge < -0.3 is 31.9 Å². The van der Waals surface area contributed by atoms with Crippen LogP contribution in [-0.4, -0.2) is 60.5 Å². The van der Waals surface area contributed by atoms with Crippen LogP contribution >= 0.6 is 24.2 Å². The van der Waals surface area contributed by atoms with Crippen LogP contribution in [-0.2, 0) is 4.79 Å². The number of benzene rings is 1. The third-order valence-electron chi connectivity index (χ3n) is 5.59. The number of nitrogens with zero attached hydrogens (tertiary/aromatic N) is 3. The number of amides is 1. The first-order valence-corrected chi connectivity index (χ1v) is 12.1. The topological polar surface area (TPSA) is 113 Å². The van der Waals surface area contributed by atoms with Gasteiger partial charge >= 0.3 is 0 Å². The number of carbonyl (C=O) groups is 1. The number of carbonyl (C=O) groups excluding carboxylic acids is 1. The van der Waals surface area contributed by atoms with Gasteiger partial charge in [-0.1, -0.05) is 11.6 Å². The van der Waals surface area contributed by atoms with Gasteiger partial charge in [-0.2, -0.15) is 0 Å². The fourth-order valence-corrected chi connectivity index (χ4v) is 3.94. The normalized spacial score (nSPS) is 16.4. The SMILES string of the molecule is CN1CCCN(CCC(=O)Nc2cc(NC(/C=C(\N)c3cc(Cl)ccc3F)=C(/N)S)ccn2)CC1. The Morgan fingerprint density at radius 1 is 1.20 bits per heavy atom. The zero-order valence-electron chi connectivity index (χ0n) is 19.6. The number of hydrogen-bond donors (Lipinski definition) is 5. The highest BCUT2D eigenvalue weighted by atomic mass is 35.5. The van der Waals surface area contributed by atoms with E-state index in [9.17, 15) is 9.18 Å². The molecule has 1 saturated heterocycles. The van der Waals surface area contributed by atoms with Crippen LogP contribution in [0.5, 0.6) is 0 Å². The predicted molar refractivity (Wildman–Crippen MR) is 143 cm³/mol. The Morgan fingerprint density at radius 2 is 2.00 bits per heavy atom. The fraction of sp³-hybridized carbons (Fsp3) is 0.333. The molecule has 1 aliphatic rings. The van der Waals surface area contributed by atoms with E-state index in [4.69, 9.17) is 23.1 Å². The molecule has 35 heavy (non-hydrogen) atoms. The number of aromatic nitrogens is 1. The van der Waals surface area contributed by atoms with Crippen molar-refractivity contribution in [3.05, 3.63) is 69.7 Å². The van der Waals surface area contributed by atoms with Gasteiger partial charge in [0.1, 0.15) is 11.6 Å². The monoisotopic (exact) mass is 519 g/mol. The van der Waals surface area contributed by atoms with Crippen LogP contribution in [0.4, 0.5) is 15.9 Å². The van der Waals surface area contributed by atoms with Crippen LogP contribution in [0.1, 0.15) is 18.4 Å². The number of nitrogens with one attached hydrogen (secondary N) is 2. The van der Waals surface area contributed by atoms with Gasteiger partial charge in [0, 0.05) is 60.3 Å². The number of hydrogen-bond acceptors (Lipinski definition) is 8. The molecule has 0 aliphatic carbocycles. The summed E-state index contributed by atoms with van der Waals surface area (Å²) in [5.41, 5.74) is 13.2. The Labute approximate surface area is 215 Å². The van der Waals surface area contributed by atoms with E-state index in [0.717, 1.165) is 32.6 Å². The lowest BCUT2D eigenvalue weighted by molar-refractivity contribution is -0.116. The molecule has 0 bridgehead atoms. The molecule has 0 atom stereocenters. The van der Waals surface area contributed by atoms with Crippen molar-refractivity contribution < 1.29 is 9.18 Å². The average molecular weight is 520 g/mol. The number of allylic oxidation sites excluding steroid dienone is 1. The average Bonchev–Trinajstić information content (AvgIpc) is 3.03. The molecular formula is C24H31ClFN7OS. The Morgan fingerprint density at radius 3 is 2.77 bits per heavy atom. The van der Waals surface area contributed by atoms with Crippen molar-refractivity contribution in [3.63, 3.8) is 0 Å². The number of thiol groups is 1. The molecule has 0 unspecified atom stereocenters. The third kappa shape index (κ3) is 8.43. The summed E-state index contributed by atoms with van der Waals surface area (Å²) in [7, 11) is 2.12. The molecule has 1 aliphatic heterocycles. The predicted octanol–water partition coefficient (Wildman–Crippen LogP) is 3.31. The number of pyridine rings is 1. The Kier molecular flexibility index (Phi) is 9.79. The molecule has 11 heteroatoms. The van der Waals surface area contributed by atoms with Gasteiger partial charge in [-0.05, 0) is 56.9 Å². The molecule has 1 aromatic carbocycles. The molecule has 8 nitrogen and oxygen atoms in total.